The fraction of sp³-hybridized carbons (Fsp3) is 0.400. The van der Waals surface area contributed by atoms with Crippen LogP contribution in [0, 0.1) is 12.7 Å². The lowest BCUT2D eigenvalue weighted by atomic mass is 10.1. The lowest BCUT2D eigenvalue weighted by Gasteiger charge is -2.09. The smallest absolute Gasteiger partial charge is 0.304 e. The molecule has 0 aliphatic heterocycles. The van der Waals surface area contributed by atoms with Crippen molar-refractivity contribution in [2.24, 2.45) is 0 Å². The van der Waals surface area contributed by atoms with E-state index in [0.29, 0.717) is 0 Å². The molecule has 0 spiro atoms. The van der Waals surface area contributed by atoms with Gasteiger partial charge in [-0.1, -0.05) is 12.1 Å². The monoisotopic (exact) mass is 221 g/mol. The summed E-state index contributed by atoms with van der Waals surface area (Å²) in [5.41, 5.74) is 0.983. The molecule has 1 rings (SSSR count). The number of alkyl halides is 3. The highest BCUT2D eigenvalue weighted by molar-refractivity contribution is 5.23. The van der Waals surface area contributed by atoms with Gasteiger partial charge in [0.25, 0.3) is 0 Å². The third kappa shape index (κ3) is 4.29. The first-order valence-corrected chi connectivity index (χ1v) is 4.41. The standard InChI is InChI=1S/C10H11F4N/c1-7-2-3-8(9(11)4-7)5-15-6-10(12,13)14/h2-4,15H,5-6H2,1H3. The molecular weight excluding hydrogens is 210 g/mol. The van der Waals surface area contributed by atoms with Crippen LogP contribution in [-0.4, -0.2) is 12.7 Å². The lowest BCUT2D eigenvalue weighted by molar-refractivity contribution is -0.125. The van der Waals surface area contributed by atoms with E-state index < -0.39 is 18.5 Å². The Morgan fingerprint density at radius 3 is 2.47 bits per heavy atom. The summed E-state index contributed by atoms with van der Waals surface area (Å²) >= 11 is 0. The average Bonchev–Trinajstić information content (AvgIpc) is 2.07. The van der Waals surface area contributed by atoms with Gasteiger partial charge in [0.1, 0.15) is 5.82 Å². The summed E-state index contributed by atoms with van der Waals surface area (Å²) in [5.74, 6) is -0.482. The van der Waals surface area contributed by atoms with Gasteiger partial charge in [-0.25, -0.2) is 4.39 Å². The van der Waals surface area contributed by atoms with Crippen LogP contribution in [0.4, 0.5) is 17.6 Å². The van der Waals surface area contributed by atoms with Crippen molar-refractivity contribution in [3.8, 4) is 0 Å². The van der Waals surface area contributed by atoms with Gasteiger partial charge < -0.3 is 5.32 Å². The van der Waals surface area contributed by atoms with E-state index in [-0.39, 0.29) is 12.1 Å². The van der Waals surface area contributed by atoms with Gasteiger partial charge in [0.2, 0.25) is 0 Å². The predicted molar refractivity (Wildman–Crippen MR) is 48.9 cm³/mol. The van der Waals surface area contributed by atoms with E-state index >= 15 is 0 Å². The summed E-state index contributed by atoms with van der Waals surface area (Å²) in [6.07, 6.45) is -4.26. The maximum atomic E-state index is 13.1. The molecule has 1 aromatic rings. The molecule has 0 saturated heterocycles. The first-order valence-electron chi connectivity index (χ1n) is 4.41. The maximum absolute atomic E-state index is 13.1. The fourth-order valence-corrected chi connectivity index (χ4v) is 1.13. The van der Waals surface area contributed by atoms with Crippen molar-refractivity contribution < 1.29 is 17.6 Å². The molecule has 0 amide bonds. The van der Waals surface area contributed by atoms with Gasteiger partial charge in [-0.3, -0.25) is 0 Å². The second-order valence-corrected chi connectivity index (χ2v) is 3.31. The molecule has 0 fully saturated rings. The van der Waals surface area contributed by atoms with Crippen molar-refractivity contribution in [1.29, 1.82) is 0 Å². The van der Waals surface area contributed by atoms with E-state index in [1.165, 1.54) is 12.1 Å². The summed E-state index contributed by atoms with van der Waals surface area (Å²) in [6, 6.07) is 4.44. The topological polar surface area (TPSA) is 12.0 Å². The van der Waals surface area contributed by atoms with Gasteiger partial charge in [-0.15, -0.1) is 0 Å². The van der Waals surface area contributed by atoms with E-state index in [1.54, 1.807) is 13.0 Å². The normalized spacial score (nSPS) is 11.8. The van der Waals surface area contributed by atoms with Crippen molar-refractivity contribution in [3.05, 3.63) is 35.1 Å². The highest BCUT2D eigenvalue weighted by Crippen LogP contribution is 2.14. The minimum atomic E-state index is -4.26. The molecule has 0 bridgehead atoms. The summed E-state index contributed by atoms with van der Waals surface area (Å²) in [4.78, 5) is 0. The molecule has 5 heteroatoms. The molecule has 0 aromatic heterocycles. The van der Waals surface area contributed by atoms with Crippen LogP contribution in [0.25, 0.3) is 0 Å². The number of rotatable bonds is 3. The van der Waals surface area contributed by atoms with E-state index in [1.807, 2.05) is 0 Å². The van der Waals surface area contributed by atoms with Crippen molar-refractivity contribution in [2.75, 3.05) is 6.54 Å². The van der Waals surface area contributed by atoms with Gasteiger partial charge in [-0.05, 0) is 18.6 Å². The molecule has 0 unspecified atom stereocenters. The highest BCUT2D eigenvalue weighted by Gasteiger charge is 2.26. The minimum absolute atomic E-state index is 0.119. The van der Waals surface area contributed by atoms with Crippen LogP contribution < -0.4 is 5.32 Å². The second kappa shape index (κ2) is 4.61. The van der Waals surface area contributed by atoms with Gasteiger partial charge in [-0.2, -0.15) is 13.2 Å². The van der Waals surface area contributed by atoms with E-state index in [2.05, 4.69) is 5.32 Å². The van der Waals surface area contributed by atoms with Gasteiger partial charge in [0.15, 0.2) is 0 Å². The van der Waals surface area contributed by atoms with Crippen LogP contribution in [0.5, 0.6) is 0 Å². The molecule has 0 radical (unpaired) electrons. The number of halogens is 4. The zero-order valence-electron chi connectivity index (χ0n) is 8.16. The third-order valence-electron chi connectivity index (χ3n) is 1.85. The van der Waals surface area contributed by atoms with Gasteiger partial charge in [0.05, 0.1) is 6.54 Å². The zero-order chi connectivity index (χ0) is 11.5. The SMILES string of the molecule is Cc1ccc(CNCC(F)(F)F)c(F)c1. The Bertz CT molecular complexity index is 333. The number of aryl methyl sites for hydroxylation is 1. The molecule has 0 saturated carbocycles. The van der Waals surface area contributed by atoms with E-state index in [0.717, 1.165) is 5.56 Å². The molecule has 0 aliphatic carbocycles. The Morgan fingerprint density at radius 1 is 1.27 bits per heavy atom. The molecular formula is C10H11F4N. The number of nitrogens with one attached hydrogen (secondary N) is 1. The molecule has 1 nitrogen and oxygen atoms in total. The van der Waals surface area contributed by atoms with Crippen LogP contribution >= 0.6 is 0 Å². The molecule has 0 atom stereocenters. The van der Waals surface area contributed by atoms with Crippen LogP contribution in [-0.2, 0) is 6.54 Å². The molecule has 1 N–H and O–H groups in total. The Labute approximate surface area is 85.1 Å². The molecule has 0 aliphatic rings. The van der Waals surface area contributed by atoms with Crippen molar-refractivity contribution >= 4 is 0 Å². The molecule has 0 heterocycles. The first-order chi connectivity index (χ1) is 6.88. The van der Waals surface area contributed by atoms with Crippen LogP contribution in [0.2, 0.25) is 0 Å². The van der Waals surface area contributed by atoms with Gasteiger partial charge in [0, 0.05) is 12.1 Å². The minimum Gasteiger partial charge on any atom is -0.304 e. The van der Waals surface area contributed by atoms with E-state index in [4.69, 9.17) is 0 Å². The largest absolute Gasteiger partial charge is 0.401 e. The molecule has 1 aromatic carbocycles. The van der Waals surface area contributed by atoms with Crippen LogP contribution in [0.15, 0.2) is 18.2 Å². The van der Waals surface area contributed by atoms with Crippen molar-refractivity contribution in [2.45, 2.75) is 19.6 Å². The zero-order valence-corrected chi connectivity index (χ0v) is 8.16. The number of hydrogen-bond donors (Lipinski definition) is 1. The molecule has 84 valence electrons. The Balaban J connectivity index is 2.51. The summed E-state index contributed by atoms with van der Waals surface area (Å²) in [5, 5.41) is 2.14. The maximum Gasteiger partial charge on any atom is 0.401 e. The van der Waals surface area contributed by atoms with Gasteiger partial charge >= 0.3 is 6.18 Å². The second-order valence-electron chi connectivity index (χ2n) is 3.31. The first kappa shape index (κ1) is 12.0. The average molecular weight is 221 g/mol. The third-order valence-corrected chi connectivity index (χ3v) is 1.85. The summed E-state index contributed by atoms with van der Waals surface area (Å²) in [6.45, 7) is 0.488. The number of hydrogen-bond acceptors (Lipinski definition) is 1. The quantitative estimate of drug-likeness (QED) is 0.774. The Kier molecular flexibility index (Phi) is 3.68. The highest BCUT2D eigenvalue weighted by atomic mass is 19.4. The van der Waals surface area contributed by atoms with Crippen LogP contribution in [0.3, 0.4) is 0 Å². The predicted octanol–water partition coefficient (Wildman–Crippen LogP) is 2.79. The Hall–Kier alpha value is -1.10. The van der Waals surface area contributed by atoms with Crippen LogP contribution in [0.1, 0.15) is 11.1 Å². The fourth-order valence-electron chi connectivity index (χ4n) is 1.13. The number of benzene rings is 1. The molecule has 15 heavy (non-hydrogen) atoms. The van der Waals surface area contributed by atoms with Crippen molar-refractivity contribution in [1.82, 2.24) is 5.32 Å². The lowest BCUT2D eigenvalue weighted by Crippen LogP contribution is -2.28. The van der Waals surface area contributed by atoms with E-state index in [9.17, 15) is 17.6 Å². The summed E-state index contributed by atoms with van der Waals surface area (Å²) < 4.78 is 48.4. The summed E-state index contributed by atoms with van der Waals surface area (Å²) in [7, 11) is 0. The van der Waals surface area contributed by atoms with Crippen molar-refractivity contribution in [3.63, 3.8) is 0 Å². The Morgan fingerprint density at radius 2 is 1.93 bits per heavy atom.